The van der Waals surface area contributed by atoms with Crippen LogP contribution in [0, 0.1) is 5.82 Å². The lowest BCUT2D eigenvalue weighted by molar-refractivity contribution is -0.120. The van der Waals surface area contributed by atoms with Crippen molar-refractivity contribution in [3.05, 3.63) is 35.8 Å². The van der Waals surface area contributed by atoms with Gasteiger partial charge in [-0.1, -0.05) is 0 Å². The fraction of sp³-hybridized carbons (Fsp3) is 0.357. The SMILES string of the molecule is CC(C)(N)CNC(=O)Cc1c[nH]c2cc(F)ccc12. The maximum absolute atomic E-state index is 13.0. The first-order chi connectivity index (χ1) is 8.85. The first-order valence-electron chi connectivity index (χ1n) is 6.16. The molecule has 0 saturated carbocycles. The molecule has 0 atom stereocenters. The average molecular weight is 263 g/mol. The minimum atomic E-state index is -0.432. The zero-order chi connectivity index (χ0) is 14.0. The van der Waals surface area contributed by atoms with E-state index in [4.69, 9.17) is 5.73 Å². The lowest BCUT2D eigenvalue weighted by Crippen LogP contribution is -2.45. The minimum absolute atomic E-state index is 0.0937. The van der Waals surface area contributed by atoms with Gasteiger partial charge >= 0.3 is 0 Å². The molecule has 19 heavy (non-hydrogen) atoms. The van der Waals surface area contributed by atoms with Crippen LogP contribution in [0.4, 0.5) is 4.39 Å². The van der Waals surface area contributed by atoms with Crippen LogP contribution in [-0.2, 0) is 11.2 Å². The van der Waals surface area contributed by atoms with Gasteiger partial charge in [-0.25, -0.2) is 4.39 Å². The van der Waals surface area contributed by atoms with Crippen molar-refractivity contribution in [3.8, 4) is 0 Å². The highest BCUT2D eigenvalue weighted by molar-refractivity contribution is 5.88. The molecule has 2 rings (SSSR count). The first kappa shape index (κ1) is 13.5. The largest absolute Gasteiger partial charge is 0.361 e. The number of aromatic amines is 1. The number of nitrogens with one attached hydrogen (secondary N) is 2. The van der Waals surface area contributed by atoms with Crippen LogP contribution < -0.4 is 11.1 Å². The van der Waals surface area contributed by atoms with E-state index < -0.39 is 5.54 Å². The second-order valence-corrected chi connectivity index (χ2v) is 5.45. The molecule has 0 bridgehead atoms. The van der Waals surface area contributed by atoms with Gasteiger partial charge in [0.1, 0.15) is 5.82 Å². The van der Waals surface area contributed by atoms with Crippen molar-refractivity contribution in [1.82, 2.24) is 10.3 Å². The topological polar surface area (TPSA) is 70.9 Å². The van der Waals surface area contributed by atoms with Crippen molar-refractivity contribution < 1.29 is 9.18 Å². The van der Waals surface area contributed by atoms with E-state index in [-0.39, 0.29) is 18.1 Å². The van der Waals surface area contributed by atoms with E-state index in [9.17, 15) is 9.18 Å². The molecule has 1 aromatic heterocycles. The van der Waals surface area contributed by atoms with Gasteiger partial charge in [0.25, 0.3) is 0 Å². The Balaban J connectivity index is 2.07. The molecular weight excluding hydrogens is 245 g/mol. The third-order valence-corrected chi connectivity index (χ3v) is 2.82. The molecular formula is C14H18FN3O. The normalized spacial score (nSPS) is 11.8. The number of carbonyl (C=O) groups excluding carboxylic acids is 1. The Kier molecular flexibility index (Phi) is 3.57. The van der Waals surface area contributed by atoms with E-state index in [0.717, 1.165) is 10.9 Å². The van der Waals surface area contributed by atoms with Gasteiger partial charge in [0, 0.05) is 29.2 Å². The van der Waals surface area contributed by atoms with E-state index in [0.29, 0.717) is 12.1 Å². The fourth-order valence-corrected chi connectivity index (χ4v) is 1.87. The van der Waals surface area contributed by atoms with Gasteiger partial charge in [-0.15, -0.1) is 0 Å². The molecule has 0 fully saturated rings. The average Bonchev–Trinajstić information content (AvgIpc) is 2.68. The highest BCUT2D eigenvalue weighted by atomic mass is 19.1. The Morgan fingerprint density at radius 3 is 2.89 bits per heavy atom. The molecule has 0 spiro atoms. The third-order valence-electron chi connectivity index (χ3n) is 2.82. The number of aromatic nitrogens is 1. The van der Waals surface area contributed by atoms with E-state index in [1.165, 1.54) is 12.1 Å². The number of halogens is 1. The van der Waals surface area contributed by atoms with Crippen LogP contribution in [-0.4, -0.2) is 23.0 Å². The summed E-state index contributed by atoms with van der Waals surface area (Å²) < 4.78 is 13.0. The van der Waals surface area contributed by atoms with Crippen molar-refractivity contribution in [2.75, 3.05) is 6.54 Å². The molecule has 1 amide bonds. The number of H-pyrrole nitrogens is 1. The second-order valence-electron chi connectivity index (χ2n) is 5.45. The Labute approximate surface area is 111 Å². The number of benzene rings is 1. The monoisotopic (exact) mass is 263 g/mol. The lowest BCUT2D eigenvalue weighted by atomic mass is 10.1. The lowest BCUT2D eigenvalue weighted by Gasteiger charge is -2.18. The Hall–Kier alpha value is -1.88. The van der Waals surface area contributed by atoms with Crippen LogP contribution in [0.15, 0.2) is 24.4 Å². The van der Waals surface area contributed by atoms with Crippen molar-refractivity contribution in [2.24, 2.45) is 5.73 Å². The molecule has 0 aliphatic heterocycles. The highest BCUT2D eigenvalue weighted by Crippen LogP contribution is 2.19. The van der Waals surface area contributed by atoms with Crippen LogP contribution in [0.5, 0.6) is 0 Å². The van der Waals surface area contributed by atoms with Crippen LogP contribution in [0.1, 0.15) is 19.4 Å². The molecule has 102 valence electrons. The molecule has 0 aliphatic carbocycles. The van der Waals surface area contributed by atoms with Gasteiger partial charge in [-0.2, -0.15) is 0 Å². The molecule has 1 heterocycles. The minimum Gasteiger partial charge on any atom is -0.361 e. The summed E-state index contributed by atoms with van der Waals surface area (Å²) in [6, 6.07) is 4.48. The number of hydrogen-bond acceptors (Lipinski definition) is 2. The maximum Gasteiger partial charge on any atom is 0.224 e. The van der Waals surface area contributed by atoms with Crippen molar-refractivity contribution in [3.63, 3.8) is 0 Å². The van der Waals surface area contributed by atoms with Crippen molar-refractivity contribution in [2.45, 2.75) is 25.8 Å². The molecule has 0 unspecified atom stereocenters. The quantitative estimate of drug-likeness (QED) is 0.785. The smallest absolute Gasteiger partial charge is 0.224 e. The molecule has 5 heteroatoms. The Morgan fingerprint density at radius 2 is 2.21 bits per heavy atom. The predicted octanol–water partition coefficient (Wildman–Crippen LogP) is 1.70. The van der Waals surface area contributed by atoms with Crippen LogP contribution in [0.2, 0.25) is 0 Å². The Morgan fingerprint density at radius 1 is 1.47 bits per heavy atom. The zero-order valence-corrected chi connectivity index (χ0v) is 11.1. The number of nitrogens with two attached hydrogens (primary N) is 1. The maximum atomic E-state index is 13.0. The van der Waals surface area contributed by atoms with E-state index in [2.05, 4.69) is 10.3 Å². The van der Waals surface area contributed by atoms with Gasteiger partial charge in [0.2, 0.25) is 5.91 Å². The van der Waals surface area contributed by atoms with Crippen LogP contribution in [0.25, 0.3) is 10.9 Å². The van der Waals surface area contributed by atoms with Gasteiger partial charge in [-0.3, -0.25) is 4.79 Å². The van der Waals surface area contributed by atoms with Gasteiger partial charge in [-0.05, 0) is 37.6 Å². The summed E-state index contributed by atoms with van der Waals surface area (Å²) >= 11 is 0. The standard InChI is InChI=1S/C14H18FN3O/c1-14(2,16)8-18-13(19)5-9-7-17-12-6-10(15)3-4-11(9)12/h3-4,6-7,17H,5,8,16H2,1-2H3,(H,18,19). The second kappa shape index (κ2) is 5.01. The number of fused-ring (bicyclic) bond motifs is 1. The summed E-state index contributed by atoms with van der Waals surface area (Å²) in [4.78, 5) is 14.8. The van der Waals surface area contributed by atoms with Crippen LogP contribution in [0.3, 0.4) is 0 Å². The van der Waals surface area contributed by atoms with Crippen molar-refractivity contribution in [1.29, 1.82) is 0 Å². The molecule has 4 N–H and O–H groups in total. The van der Waals surface area contributed by atoms with Gasteiger partial charge in [0.05, 0.1) is 6.42 Å². The summed E-state index contributed by atoms with van der Waals surface area (Å²) in [5, 5.41) is 3.65. The molecule has 0 aliphatic rings. The van der Waals surface area contributed by atoms with Gasteiger partial charge < -0.3 is 16.0 Å². The molecule has 2 aromatic rings. The predicted molar refractivity (Wildman–Crippen MR) is 73.2 cm³/mol. The van der Waals surface area contributed by atoms with Crippen molar-refractivity contribution >= 4 is 16.8 Å². The summed E-state index contributed by atoms with van der Waals surface area (Å²) in [5.74, 6) is -0.390. The summed E-state index contributed by atoms with van der Waals surface area (Å²) in [7, 11) is 0. The van der Waals surface area contributed by atoms with Gasteiger partial charge in [0.15, 0.2) is 0 Å². The number of amides is 1. The molecule has 4 nitrogen and oxygen atoms in total. The number of carbonyl (C=O) groups is 1. The number of hydrogen-bond donors (Lipinski definition) is 3. The third kappa shape index (κ3) is 3.54. The van der Waals surface area contributed by atoms with E-state index in [1.54, 1.807) is 12.3 Å². The van der Waals surface area contributed by atoms with E-state index >= 15 is 0 Å². The zero-order valence-electron chi connectivity index (χ0n) is 11.1. The Bertz CT molecular complexity index is 598. The molecule has 0 saturated heterocycles. The molecule has 1 aromatic carbocycles. The summed E-state index contributed by atoms with van der Waals surface area (Å²) in [5.41, 5.74) is 6.92. The summed E-state index contributed by atoms with van der Waals surface area (Å²) in [6.07, 6.45) is 1.99. The fourth-order valence-electron chi connectivity index (χ4n) is 1.87. The number of rotatable bonds is 4. The molecule has 0 radical (unpaired) electrons. The summed E-state index contributed by atoms with van der Waals surface area (Å²) in [6.45, 7) is 4.12. The van der Waals surface area contributed by atoms with E-state index in [1.807, 2.05) is 13.8 Å². The first-order valence-corrected chi connectivity index (χ1v) is 6.16. The highest BCUT2D eigenvalue weighted by Gasteiger charge is 2.14. The van der Waals surface area contributed by atoms with Crippen LogP contribution >= 0.6 is 0 Å².